The molecule has 4 heterocycles. The largest absolute Gasteiger partial charge is 0.459 e. The van der Waals surface area contributed by atoms with E-state index in [1.807, 2.05) is 6.92 Å². The zero-order valence-corrected chi connectivity index (χ0v) is 28.3. The van der Waals surface area contributed by atoms with Gasteiger partial charge in [0, 0.05) is 25.0 Å². The van der Waals surface area contributed by atoms with Crippen LogP contribution in [0.5, 0.6) is 0 Å². The van der Waals surface area contributed by atoms with E-state index in [1.54, 1.807) is 30.3 Å². The van der Waals surface area contributed by atoms with Gasteiger partial charge in [-0.3, -0.25) is 4.79 Å². The summed E-state index contributed by atoms with van der Waals surface area (Å²) in [4.78, 5) is 18.2. The first-order valence-electron chi connectivity index (χ1n) is 16.7. The number of hydrogen-bond donors (Lipinski definition) is 2. The third-order valence-corrected chi connectivity index (χ3v) is 13.1. The second-order valence-corrected chi connectivity index (χ2v) is 17.3. The van der Waals surface area contributed by atoms with E-state index < -0.39 is 46.2 Å². The summed E-state index contributed by atoms with van der Waals surface area (Å²) in [6.45, 7) is 2.69. The van der Waals surface area contributed by atoms with Gasteiger partial charge in [0.15, 0.2) is 11.4 Å². The lowest BCUT2D eigenvalue weighted by Gasteiger charge is -2.31. The molecule has 1 aromatic heterocycles. The highest BCUT2D eigenvalue weighted by molar-refractivity contribution is 7.89. The molecule has 2 saturated carbocycles. The molecule has 5 fully saturated rings. The number of ether oxygens (including phenoxy) is 4. The number of thiazole rings is 1. The van der Waals surface area contributed by atoms with Gasteiger partial charge in [0.2, 0.25) is 10.0 Å². The van der Waals surface area contributed by atoms with Crippen molar-refractivity contribution in [2.24, 2.45) is 17.3 Å². The Morgan fingerprint density at radius 2 is 1.96 bits per heavy atom. The molecule has 14 heteroatoms. The first-order chi connectivity index (χ1) is 23.0. The number of benzene rings is 2. The topological polar surface area (TPSA) is 137 Å². The predicted molar refractivity (Wildman–Crippen MR) is 174 cm³/mol. The Morgan fingerprint density at radius 1 is 1.19 bits per heavy atom. The van der Waals surface area contributed by atoms with Gasteiger partial charge in [0.1, 0.15) is 24.1 Å². The molecular weight excluding hydrogens is 662 g/mol. The molecule has 2 bridgehead atoms. The molecule has 2 aliphatic carbocycles. The molecule has 5 aliphatic rings. The van der Waals surface area contributed by atoms with Crippen molar-refractivity contribution in [1.29, 1.82) is 0 Å². The van der Waals surface area contributed by atoms with Crippen LogP contribution in [-0.2, 0) is 40.2 Å². The van der Waals surface area contributed by atoms with Crippen molar-refractivity contribution in [2.45, 2.75) is 87.1 Å². The van der Waals surface area contributed by atoms with Gasteiger partial charge in [-0.15, -0.1) is 0 Å². The van der Waals surface area contributed by atoms with Gasteiger partial charge >= 0.3 is 5.97 Å². The summed E-state index contributed by atoms with van der Waals surface area (Å²) in [6.07, 6.45) is 1.14. The maximum atomic E-state index is 14.3. The number of hydrogen-bond acceptors (Lipinski definition) is 11. The first kappa shape index (κ1) is 32.5. The van der Waals surface area contributed by atoms with E-state index in [2.05, 4.69) is 10.3 Å². The number of anilines is 1. The lowest BCUT2D eigenvalue weighted by Crippen LogP contribution is -2.44. The normalized spacial score (nSPS) is 28.5. The summed E-state index contributed by atoms with van der Waals surface area (Å²) in [6, 6.07) is 11.3. The maximum absolute atomic E-state index is 14.3. The number of aromatic nitrogens is 1. The third-order valence-electron chi connectivity index (χ3n) is 10.3. The van der Waals surface area contributed by atoms with E-state index >= 15 is 0 Å². The number of carbonyl (C=O) groups excluding carboxylic acids is 1. The van der Waals surface area contributed by atoms with Gasteiger partial charge in [0.05, 0.1) is 46.8 Å². The molecule has 258 valence electrons. The molecule has 3 aromatic rings. The number of fused-ring (bicyclic) bond motifs is 2. The van der Waals surface area contributed by atoms with Crippen LogP contribution in [-0.4, -0.2) is 91.8 Å². The molecule has 48 heavy (non-hydrogen) atoms. The van der Waals surface area contributed by atoms with Crippen molar-refractivity contribution in [3.63, 3.8) is 0 Å². The Morgan fingerprint density at radius 3 is 2.71 bits per heavy atom. The molecule has 3 aliphatic heterocycles. The van der Waals surface area contributed by atoms with Gasteiger partial charge in [0.25, 0.3) is 0 Å². The highest BCUT2D eigenvalue weighted by Gasteiger charge is 2.58. The van der Waals surface area contributed by atoms with Gasteiger partial charge < -0.3 is 29.4 Å². The van der Waals surface area contributed by atoms with Gasteiger partial charge in [-0.1, -0.05) is 30.4 Å². The Balaban J connectivity index is 1.03. The molecule has 3 saturated heterocycles. The van der Waals surface area contributed by atoms with Crippen LogP contribution in [0.25, 0.3) is 10.2 Å². The fourth-order valence-electron chi connectivity index (χ4n) is 6.99. The summed E-state index contributed by atoms with van der Waals surface area (Å²) in [5.41, 5.74) is 1.24. The van der Waals surface area contributed by atoms with Crippen LogP contribution in [0.2, 0.25) is 0 Å². The molecule has 5 unspecified atom stereocenters. The van der Waals surface area contributed by atoms with E-state index in [0.717, 1.165) is 41.0 Å². The average molecular weight is 702 g/mol. The molecule has 8 rings (SSSR count). The van der Waals surface area contributed by atoms with Crippen molar-refractivity contribution in [2.75, 3.05) is 31.6 Å². The quantitative estimate of drug-likeness (QED) is 0.237. The first-order valence-corrected chi connectivity index (χ1v) is 19.0. The Hall–Kier alpha value is -2.72. The standard InChI is InChI=1S/C34H40FN3O8S2/c1-34(10-11-34)18-38(48(41,42)23-8-9-25-28(14-23)47-33(37-25)36-22-6-7-22)15-26(39)20(12-19-2-4-21(35)5-3-19)13-29(40)46-30-24-16-43-32-31(24)45-27(30)17-44-32/h2-5,8-9,14,20,22,24,26-27,30-32,39H,6-7,10-13,15-18H2,1H3,(H,36,37)/t20-,24?,26-,27?,30?,31?,32?/m1/s1. The van der Waals surface area contributed by atoms with Crippen molar-refractivity contribution in [3.05, 3.63) is 53.8 Å². The number of aliphatic hydroxyl groups is 1. The lowest BCUT2D eigenvalue weighted by molar-refractivity contribution is -0.233. The summed E-state index contributed by atoms with van der Waals surface area (Å²) in [5, 5.41) is 15.9. The number of halogens is 1. The fourth-order valence-corrected chi connectivity index (χ4v) is 9.68. The Labute approximate surface area is 282 Å². The second kappa shape index (κ2) is 12.6. The third kappa shape index (κ3) is 6.72. The SMILES string of the molecule is CC1(CN(C[C@@H](O)[C@@H](CC(=O)OC2C3COC4OCC2C4O3)Cc2ccc(F)cc2)S(=O)(=O)c2ccc3nc(NC4CC4)sc3c2)CC1. The molecule has 0 radical (unpaired) electrons. The van der Waals surface area contributed by atoms with Crippen LogP contribution >= 0.6 is 11.3 Å². The van der Waals surface area contributed by atoms with E-state index in [-0.39, 0.29) is 61.0 Å². The molecule has 7 atom stereocenters. The van der Waals surface area contributed by atoms with Crippen LogP contribution in [0.4, 0.5) is 9.52 Å². The minimum absolute atomic E-state index is 0.134. The highest BCUT2D eigenvalue weighted by Crippen LogP contribution is 2.47. The van der Waals surface area contributed by atoms with Gasteiger partial charge in [-0.2, -0.15) is 4.31 Å². The molecule has 2 aromatic carbocycles. The van der Waals surface area contributed by atoms with Crippen LogP contribution in [0, 0.1) is 23.1 Å². The molecular formula is C34H40FN3O8S2. The van der Waals surface area contributed by atoms with Crippen LogP contribution < -0.4 is 5.32 Å². The van der Waals surface area contributed by atoms with Crippen LogP contribution in [0.15, 0.2) is 47.4 Å². The molecule has 2 N–H and O–H groups in total. The monoisotopic (exact) mass is 701 g/mol. The number of aliphatic hydroxyl groups excluding tert-OH is 1. The minimum Gasteiger partial charge on any atom is -0.459 e. The van der Waals surface area contributed by atoms with E-state index in [1.165, 1.54) is 27.8 Å². The van der Waals surface area contributed by atoms with Crippen LogP contribution in [0.3, 0.4) is 0 Å². The maximum Gasteiger partial charge on any atom is 0.306 e. The second-order valence-electron chi connectivity index (χ2n) is 14.3. The van der Waals surface area contributed by atoms with Crippen molar-refractivity contribution < 1.29 is 41.7 Å². The number of sulfonamides is 1. The zero-order chi connectivity index (χ0) is 33.2. The Bertz CT molecular complexity index is 1780. The number of rotatable bonds is 14. The zero-order valence-electron chi connectivity index (χ0n) is 26.6. The van der Waals surface area contributed by atoms with Crippen molar-refractivity contribution in [1.82, 2.24) is 9.29 Å². The minimum atomic E-state index is -4.04. The summed E-state index contributed by atoms with van der Waals surface area (Å²) in [7, 11) is -4.04. The van der Waals surface area contributed by atoms with E-state index in [4.69, 9.17) is 18.9 Å². The predicted octanol–water partition coefficient (Wildman–Crippen LogP) is 4.09. The smallest absolute Gasteiger partial charge is 0.306 e. The van der Waals surface area contributed by atoms with Gasteiger partial charge in [-0.05, 0) is 73.4 Å². The number of nitrogens with zero attached hydrogens (tertiary/aromatic N) is 2. The number of carbonyl (C=O) groups is 1. The highest BCUT2D eigenvalue weighted by atomic mass is 32.2. The van der Waals surface area contributed by atoms with Crippen molar-refractivity contribution in [3.8, 4) is 0 Å². The molecule has 11 nitrogen and oxygen atoms in total. The lowest BCUT2D eigenvalue weighted by atomic mass is 9.90. The average Bonchev–Trinajstić information content (AvgIpc) is 3.89. The number of esters is 1. The molecule has 0 spiro atoms. The fraction of sp³-hybridized carbons (Fsp3) is 0.588. The van der Waals surface area contributed by atoms with E-state index in [9.17, 15) is 22.7 Å². The summed E-state index contributed by atoms with van der Waals surface area (Å²) in [5.74, 6) is -1.77. The van der Waals surface area contributed by atoms with Crippen molar-refractivity contribution >= 4 is 42.7 Å². The van der Waals surface area contributed by atoms with Gasteiger partial charge in [-0.25, -0.2) is 17.8 Å². The Kier molecular flexibility index (Phi) is 8.50. The number of nitrogens with one attached hydrogen (secondary N) is 1. The summed E-state index contributed by atoms with van der Waals surface area (Å²) < 4.78 is 67.7. The molecule has 0 amide bonds. The summed E-state index contributed by atoms with van der Waals surface area (Å²) >= 11 is 1.43. The van der Waals surface area contributed by atoms with E-state index in [0.29, 0.717) is 18.2 Å². The van der Waals surface area contributed by atoms with Crippen LogP contribution in [0.1, 0.15) is 44.6 Å².